The maximum Gasteiger partial charge on any atom is 0.314 e. The molecule has 2 aliphatic heterocycles. The van der Waals surface area contributed by atoms with Crippen molar-refractivity contribution in [1.29, 1.82) is 0 Å². The number of rotatable bonds is 5. The lowest BCUT2D eigenvalue weighted by molar-refractivity contribution is -0.191. The number of hydrogen-bond acceptors (Lipinski definition) is 8. The molecule has 178 valence electrons. The van der Waals surface area contributed by atoms with Gasteiger partial charge in [-0.15, -0.1) is 0 Å². The number of likely N-dealkylation sites (tertiary alicyclic amines) is 1. The summed E-state index contributed by atoms with van der Waals surface area (Å²) in [6.45, 7) is 14.2. The number of ether oxygens (including phenoxy) is 4. The maximum absolute atomic E-state index is 13.0. The molecule has 0 aromatic heterocycles. The second-order valence-electron chi connectivity index (χ2n) is 10.3. The molecule has 0 unspecified atom stereocenters. The van der Waals surface area contributed by atoms with Crippen LogP contribution in [0.1, 0.15) is 61.8 Å². The van der Waals surface area contributed by atoms with Gasteiger partial charge < -0.3 is 29.0 Å². The number of amides is 1. The van der Waals surface area contributed by atoms with Gasteiger partial charge in [0.1, 0.15) is 30.8 Å². The fourth-order valence-electron chi connectivity index (χ4n) is 4.21. The van der Waals surface area contributed by atoms with Crippen molar-refractivity contribution in [2.45, 2.75) is 103 Å². The molecular weight excluding hydrogens is 406 g/mol. The highest BCUT2D eigenvalue weighted by Gasteiger charge is 2.56. The Morgan fingerprint density at radius 2 is 1.68 bits per heavy atom. The second-order valence-corrected chi connectivity index (χ2v) is 10.3. The first-order chi connectivity index (χ1) is 14.1. The predicted octanol–water partition coefficient (Wildman–Crippen LogP) is 1.44. The second kappa shape index (κ2) is 9.42. The van der Waals surface area contributed by atoms with Crippen molar-refractivity contribution in [2.24, 2.45) is 5.92 Å². The summed E-state index contributed by atoms with van der Waals surface area (Å²) in [6.07, 6.45) is -2.85. The molecule has 2 fully saturated rings. The van der Waals surface area contributed by atoms with Crippen LogP contribution in [-0.2, 0) is 33.3 Å². The van der Waals surface area contributed by atoms with E-state index < -0.39 is 59.5 Å². The molecule has 2 saturated heterocycles. The maximum atomic E-state index is 13.0. The van der Waals surface area contributed by atoms with E-state index in [-0.39, 0.29) is 25.5 Å². The molecule has 2 aliphatic rings. The molecule has 0 radical (unpaired) electrons. The van der Waals surface area contributed by atoms with Crippen LogP contribution < -0.4 is 0 Å². The lowest BCUT2D eigenvalue weighted by Crippen LogP contribution is -2.57. The van der Waals surface area contributed by atoms with E-state index in [4.69, 9.17) is 18.9 Å². The van der Waals surface area contributed by atoms with Crippen LogP contribution in [-0.4, -0.2) is 82.7 Å². The van der Waals surface area contributed by atoms with E-state index >= 15 is 0 Å². The van der Waals surface area contributed by atoms with Crippen LogP contribution >= 0.6 is 0 Å². The van der Waals surface area contributed by atoms with Gasteiger partial charge in [-0.1, -0.05) is 0 Å². The molecule has 0 aromatic carbocycles. The molecule has 9 nitrogen and oxygen atoms in total. The van der Waals surface area contributed by atoms with E-state index in [9.17, 15) is 19.5 Å². The molecule has 0 spiro atoms. The van der Waals surface area contributed by atoms with Crippen LogP contribution in [0.2, 0.25) is 0 Å². The molecule has 31 heavy (non-hydrogen) atoms. The van der Waals surface area contributed by atoms with Gasteiger partial charge in [-0.05, 0) is 41.5 Å². The molecular formula is C22H37NO8. The first-order valence-corrected chi connectivity index (χ1v) is 10.7. The van der Waals surface area contributed by atoms with Crippen molar-refractivity contribution in [3.63, 3.8) is 0 Å². The first kappa shape index (κ1) is 25.5. The standard InChI is InChI=1S/C22H37NO8/c1-12(24)23-10-16(30-21(3,4)5)19(31-22(6,7)8)18(23)17-15(26)9-14(29-20(17)27)11-28-13(2)25/h14-19,26H,9-11H2,1-8H3/t14-,15+,16-,17-,18-,19+/m0/s1. The third kappa shape index (κ3) is 6.89. The van der Waals surface area contributed by atoms with Crippen LogP contribution in [0.5, 0.6) is 0 Å². The first-order valence-electron chi connectivity index (χ1n) is 10.7. The third-order valence-electron chi connectivity index (χ3n) is 5.15. The highest BCUT2D eigenvalue weighted by Crippen LogP contribution is 2.38. The minimum absolute atomic E-state index is 0.0962. The van der Waals surface area contributed by atoms with Crippen LogP contribution in [0, 0.1) is 5.92 Å². The topological polar surface area (TPSA) is 112 Å². The van der Waals surface area contributed by atoms with Crippen molar-refractivity contribution >= 4 is 17.8 Å². The van der Waals surface area contributed by atoms with Gasteiger partial charge in [0.15, 0.2) is 0 Å². The Balaban J connectivity index is 2.34. The summed E-state index contributed by atoms with van der Waals surface area (Å²) in [5.41, 5.74) is -1.07. The number of nitrogens with zero attached hydrogens (tertiary/aromatic N) is 1. The minimum atomic E-state index is -1.09. The lowest BCUT2D eigenvalue weighted by Gasteiger charge is -2.41. The summed E-state index contributed by atoms with van der Waals surface area (Å²) < 4.78 is 22.9. The number of carbonyl (C=O) groups excluding carboxylic acids is 3. The Labute approximate surface area is 184 Å². The van der Waals surface area contributed by atoms with Gasteiger partial charge in [-0.25, -0.2) is 0 Å². The molecule has 2 rings (SSSR count). The zero-order chi connectivity index (χ0) is 23.7. The minimum Gasteiger partial charge on any atom is -0.462 e. The lowest BCUT2D eigenvalue weighted by atomic mass is 9.84. The zero-order valence-corrected chi connectivity index (χ0v) is 19.8. The third-order valence-corrected chi connectivity index (χ3v) is 5.15. The van der Waals surface area contributed by atoms with Crippen LogP contribution in [0.25, 0.3) is 0 Å². The number of aliphatic hydroxyl groups excluding tert-OH is 1. The predicted molar refractivity (Wildman–Crippen MR) is 111 cm³/mol. The number of hydrogen-bond donors (Lipinski definition) is 1. The SMILES string of the molecule is CC(=O)OC[C@@H]1C[C@@H](O)[C@@H]([C@H]2[C@H](OC(C)(C)C)[C@@H](OC(C)(C)C)CN2C(C)=O)C(=O)O1. The van der Waals surface area contributed by atoms with Gasteiger partial charge in [-0.3, -0.25) is 14.4 Å². The smallest absolute Gasteiger partial charge is 0.314 e. The van der Waals surface area contributed by atoms with Crippen molar-refractivity contribution in [2.75, 3.05) is 13.2 Å². The van der Waals surface area contributed by atoms with Gasteiger partial charge in [0.05, 0.1) is 23.3 Å². The fourth-order valence-corrected chi connectivity index (χ4v) is 4.21. The van der Waals surface area contributed by atoms with Crippen LogP contribution in [0.15, 0.2) is 0 Å². The van der Waals surface area contributed by atoms with E-state index in [0.717, 1.165) is 0 Å². The van der Waals surface area contributed by atoms with Crippen molar-refractivity contribution in [3.05, 3.63) is 0 Å². The Morgan fingerprint density at radius 1 is 1.10 bits per heavy atom. The van der Waals surface area contributed by atoms with E-state index in [2.05, 4.69) is 0 Å². The molecule has 0 saturated carbocycles. The van der Waals surface area contributed by atoms with E-state index in [0.29, 0.717) is 0 Å². The summed E-state index contributed by atoms with van der Waals surface area (Å²) in [5.74, 6) is -2.38. The van der Waals surface area contributed by atoms with Crippen LogP contribution in [0.3, 0.4) is 0 Å². The molecule has 0 aromatic rings. The van der Waals surface area contributed by atoms with Crippen molar-refractivity contribution in [3.8, 4) is 0 Å². The van der Waals surface area contributed by atoms with Gasteiger partial charge in [0.2, 0.25) is 5.91 Å². The normalized spacial score (nSPS) is 32.0. The van der Waals surface area contributed by atoms with Crippen molar-refractivity contribution < 1.29 is 38.4 Å². The number of carbonyl (C=O) groups is 3. The quantitative estimate of drug-likeness (QED) is 0.636. The fraction of sp³-hybridized carbons (Fsp3) is 0.864. The van der Waals surface area contributed by atoms with Gasteiger partial charge in [-0.2, -0.15) is 0 Å². The zero-order valence-electron chi connectivity index (χ0n) is 19.8. The van der Waals surface area contributed by atoms with Gasteiger partial charge >= 0.3 is 11.9 Å². The highest BCUT2D eigenvalue weighted by atomic mass is 16.6. The summed E-state index contributed by atoms with van der Waals surface area (Å²) in [7, 11) is 0. The largest absolute Gasteiger partial charge is 0.462 e. The highest BCUT2D eigenvalue weighted by molar-refractivity contribution is 5.79. The molecule has 1 N–H and O–H groups in total. The Hall–Kier alpha value is -1.71. The van der Waals surface area contributed by atoms with Crippen molar-refractivity contribution in [1.82, 2.24) is 4.90 Å². The summed E-state index contributed by atoms with van der Waals surface area (Å²) in [5, 5.41) is 10.9. The molecule has 9 heteroatoms. The van der Waals surface area contributed by atoms with E-state index in [1.165, 1.54) is 18.7 Å². The number of esters is 2. The Bertz CT molecular complexity index is 680. The van der Waals surface area contributed by atoms with Gasteiger partial charge in [0, 0.05) is 26.8 Å². The van der Waals surface area contributed by atoms with E-state index in [1.54, 1.807) is 0 Å². The van der Waals surface area contributed by atoms with Crippen LogP contribution in [0.4, 0.5) is 0 Å². The van der Waals surface area contributed by atoms with E-state index in [1.807, 2.05) is 41.5 Å². The Morgan fingerprint density at radius 3 is 2.13 bits per heavy atom. The Kier molecular flexibility index (Phi) is 7.76. The molecule has 1 amide bonds. The number of aliphatic hydroxyl groups is 1. The molecule has 6 atom stereocenters. The van der Waals surface area contributed by atoms with Gasteiger partial charge in [0.25, 0.3) is 0 Å². The monoisotopic (exact) mass is 443 g/mol. The molecule has 0 bridgehead atoms. The average Bonchev–Trinajstić information content (AvgIpc) is 2.87. The molecule has 0 aliphatic carbocycles. The summed E-state index contributed by atoms with van der Waals surface area (Å²) >= 11 is 0. The summed E-state index contributed by atoms with van der Waals surface area (Å²) in [4.78, 5) is 38.1. The summed E-state index contributed by atoms with van der Waals surface area (Å²) in [6, 6.07) is -0.749. The number of cyclic esters (lactones) is 1. The molecule has 2 heterocycles. The average molecular weight is 444 g/mol.